The van der Waals surface area contributed by atoms with Crippen LogP contribution in [0, 0.1) is 11.6 Å². The first-order valence-electron chi connectivity index (χ1n) is 4.32. The van der Waals surface area contributed by atoms with E-state index in [1.165, 1.54) is 0 Å². The third-order valence-corrected chi connectivity index (χ3v) is 1.96. The Hall–Kier alpha value is -1.12. The summed E-state index contributed by atoms with van der Waals surface area (Å²) >= 11 is 0. The molecule has 1 aromatic rings. The average Bonchev–Trinajstić information content (AvgIpc) is 2.12. The zero-order valence-electron chi connectivity index (χ0n) is 7.48. The van der Waals surface area contributed by atoms with E-state index in [2.05, 4.69) is 0 Å². The first-order chi connectivity index (χ1) is 6.16. The van der Waals surface area contributed by atoms with Crippen molar-refractivity contribution >= 4 is 0 Å². The fraction of sp³-hybridized carbons (Fsp3) is 0.400. The number of hydrogen-bond donors (Lipinski definition) is 1. The van der Waals surface area contributed by atoms with Gasteiger partial charge in [-0.2, -0.15) is 0 Å². The number of phenols is 1. The standard InChI is InChI=1S/C10H12F2O/c1-2-3-4-7-8(11)5-6-9(12)10(7)13/h5-6,13H,2-4H2,1H3. The highest BCUT2D eigenvalue weighted by Gasteiger charge is 2.11. The van der Waals surface area contributed by atoms with Crippen molar-refractivity contribution in [1.29, 1.82) is 0 Å². The molecule has 13 heavy (non-hydrogen) atoms. The minimum Gasteiger partial charge on any atom is -0.505 e. The van der Waals surface area contributed by atoms with E-state index < -0.39 is 17.4 Å². The van der Waals surface area contributed by atoms with Crippen molar-refractivity contribution in [1.82, 2.24) is 0 Å². The molecule has 0 heterocycles. The van der Waals surface area contributed by atoms with Gasteiger partial charge in [0.05, 0.1) is 0 Å². The Kier molecular flexibility index (Phi) is 3.23. The van der Waals surface area contributed by atoms with Gasteiger partial charge in [-0.15, -0.1) is 0 Å². The highest BCUT2D eigenvalue weighted by atomic mass is 19.1. The normalized spacial score (nSPS) is 10.4. The maximum atomic E-state index is 13.0. The number of benzene rings is 1. The number of phenolic OH excluding ortho intramolecular Hbond substituents is 1. The first-order valence-corrected chi connectivity index (χ1v) is 4.32. The van der Waals surface area contributed by atoms with Crippen LogP contribution in [-0.4, -0.2) is 5.11 Å². The van der Waals surface area contributed by atoms with E-state index in [1.54, 1.807) is 0 Å². The molecule has 0 unspecified atom stereocenters. The van der Waals surface area contributed by atoms with E-state index >= 15 is 0 Å². The predicted octanol–water partition coefficient (Wildman–Crippen LogP) is 3.01. The van der Waals surface area contributed by atoms with E-state index in [9.17, 15) is 13.9 Å². The summed E-state index contributed by atoms with van der Waals surface area (Å²) in [7, 11) is 0. The average molecular weight is 186 g/mol. The van der Waals surface area contributed by atoms with Gasteiger partial charge in [-0.3, -0.25) is 0 Å². The summed E-state index contributed by atoms with van der Waals surface area (Å²) in [6.45, 7) is 1.95. The number of unbranched alkanes of at least 4 members (excludes halogenated alkanes) is 1. The van der Waals surface area contributed by atoms with Gasteiger partial charge in [0.15, 0.2) is 11.6 Å². The molecule has 1 nitrogen and oxygen atoms in total. The summed E-state index contributed by atoms with van der Waals surface area (Å²) in [4.78, 5) is 0. The fourth-order valence-corrected chi connectivity index (χ4v) is 1.17. The van der Waals surface area contributed by atoms with Crippen LogP contribution < -0.4 is 0 Å². The molecule has 0 saturated carbocycles. The second-order valence-corrected chi connectivity index (χ2v) is 2.96. The Balaban J connectivity index is 2.96. The molecule has 1 N–H and O–H groups in total. The molecule has 0 spiro atoms. The highest BCUT2D eigenvalue weighted by molar-refractivity contribution is 5.34. The Labute approximate surface area is 76.0 Å². The van der Waals surface area contributed by atoms with Gasteiger partial charge < -0.3 is 5.11 Å². The fourth-order valence-electron chi connectivity index (χ4n) is 1.17. The molecule has 0 aliphatic rings. The summed E-state index contributed by atoms with van der Waals surface area (Å²) in [6, 6.07) is 1.97. The Morgan fingerprint density at radius 2 is 1.85 bits per heavy atom. The van der Waals surface area contributed by atoms with Gasteiger partial charge >= 0.3 is 0 Å². The Bertz CT molecular complexity index is 297. The van der Waals surface area contributed by atoms with Crippen LogP contribution in [-0.2, 0) is 6.42 Å². The van der Waals surface area contributed by atoms with Gasteiger partial charge in [0.2, 0.25) is 0 Å². The number of hydrogen-bond acceptors (Lipinski definition) is 1. The summed E-state index contributed by atoms with van der Waals surface area (Å²) in [5, 5.41) is 9.19. The van der Waals surface area contributed by atoms with Crippen molar-refractivity contribution in [3.05, 3.63) is 29.3 Å². The quantitative estimate of drug-likeness (QED) is 0.769. The van der Waals surface area contributed by atoms with Gasteiger partial charge in [0.1, 0.15) is 5.82 Å². The number of aromatic hydroxyl groups is 1. The molecule has 0 saturated heterocycles. The summed E-state index contributed by atoms with van der Waals surface area (Å²) in [6.07, 6.45) is 2.01. The molecule has 1 rings (SSSR count). The monoisotopic (exact) mass is 186 g/mol. The van der Waals surface area contributed by atoms with Crippen LogP contribution in [0.4, 0.5) is 8.78 Å². The summed E-state index contributed by atoms with van der Waals surface area (Å²) in [5.74, 6) is -1.84. The van der Waals surface area contributed by atoms with E-state index in [4.69, 9.17) is 0 Å². The molecule has 0 fully saturated rings. The van der Waals surface area contributed by atoms with Crippen molar-refractivity contribution in [3.8, 4) is 5.75 Å². The zero-order valence-corrected chi connectivity index (χ0v) is 7.48. The number of rotatable bonds is 3. The molecule has 3 heteroatoms. The lowest BCUT2D eigenvalue weighted by atomic mass is 10.1. The van der Waals surface area contributed by atoms with Gasteiger partial charge in [0, 0.05) is 5.56 Å². The van der Waals surface area contributed by atoms with Crippen LogP contribution in [0.15, 0.2) is 12.1 Å². The lowest BCUT2D eigenvalue weighted by molar-refractivity contribution is 0.416. The minimum atomic E-state index is -0.757. The van der Waals surface area contributed by atoms with Crippen LogP contribution >= 0.6 is 0 Å². The van der Waals surface area contributed by atoms with Crippen molar-refractivity contribution < 1.29 is 13.9 Å². The zero-order chi connectivity index (χ0) is 9.84. The van der Waals surface area contributed by atoms with E-state index in [0.29, 0.717) is 6.42 Å². The second-order valence-electron chi connectivity index (χ2n) is 2.96. The number of halogens is 2. The molecule has 0 bridgehead atoms. The molecule has 0 aliphatic carbocycles. The van der Waals surface area contributed by atoms with Crippen molar-refractivity contribution in [2.24, 2.45) is 0 Å². The van der Waals surface area contributed by atoms with Crippen molar-refractivity contribution in [2.45, 2.75) is 26.2 Å². The van der Waals surface area contributed by atoms with Crippen LogP contribution in [0.3, 0.4) is 0 Å². The maximum absolute atomic E-state index is 13.0. The lowest BCUT2D eigenvalue weighted by Gasteiger charge is -2.05. The molecule has 72 valence electrons. The molecule has 1 aromatic carbocycles. The largest absolute Gasteiger partial charge is 0.505 e. The molecule has 0 radical (unpaired) electrons. The molecule has 0 amide bonds. The molecule has 0 atom stereocenters. The van der Waals surface area contributed by atoms with E-state index in [1.807, 2.05) is 6.92 Å². The molecule has 0 aliphatic heterocycles. The van der Waals surface area contributed by atoms with Gasteiger partial charge in [-0.25, -0.2) is 8.78 Å². The smallest absolute Gasteiger partial charge is 0.165 e. The second kappa shape index (κ2) is 4.21. The van der Waals surface area contributed by atoms with Crippen LogP contribution in [0.5, 0.6) is 5.75 Å². The maximum Gasteiger partial charge on any atom is 0.165 e. The van der Waals surface area contributed by atoms with Gasteiger partial charge in [-0.1, -0.05) is 13.3 Å². The Morgan fingerprint density at radius 1 is 1.23 bits per heavy atom. The summed E-state index contributed by atoms with van der Waals surface area (Å²) in [5.41, 5.74) is 0.0850. The first kappa shape index (κ1) is 9.96. The van der Waals surface area contributed by atoms with E-state index in [-0.39, 0.29) is 5.56 Å². The molecule has 0 aromatic heterocycles. The SMILES string of the molecule is CCCCc1c(F)ccc(F)c1O. The third-order valence-electron chi connectivity index (χ3n) is 1.96. The minimum absolute atomic E-state index is 0.0850. The van der Waals surface area contributed by atoms with Crippen LogP contribution in [0.2, 0.25) is 0 Å². The lowest BCUT2D eigenvalue weighted by Crippen LogP contribution is -1.93. The van der Waals surface area contributed by atoms with Gasteiger partial charge in [0.25, 0.3) is 0 Å². The van der Waals surface area contributed by atoms with Crippen molar-refractivity contribution in [3.63, 3.8) is 0 Å². The van der Waals surface area contributed by atoms with Crippen LogP contribution in [0.25, 0.3) is 0 Å². The topological polar surface area (TPSA) is 20.2 Å². The van der Waals surface area contributed by atoms with Crippen LogP contribution in [0.1, 0.15) is 25.3 Å². The molecular weight excluding hydrogens is 174 g/mol. The molecular formula is C10H12F2O. The van der Waals surface area contributed by atoms with Gasteiger partial charge in [-0.05, 0) is 25.0 Å². The summed E-state index contributed by atoms with van der Waals surface area (Å²) < 4.78 is 25.8. The highest BCUT2D eigenvalue weighted by Crippen LogP contribution is 2.25. The predicted molar refractivity (Wildman–Crippen MR) is 46.6 cm³/mol. The third kappa shape index (κ3) is 2.17. The van der Waals surface area contributed by atoms with E-state index in [0.717, 1.165) is 25.0 Å². The van der Waals surface area contributed by atoms with Crippen molar-refractivity contribution in [2.75, 3.05) is 0 Å². The Morgan fingerprint density at radius 3 is 2.46 bits per heavy atom.